The molecule has 0 aliphatic rings. The first-order chi connectivity index (χ1) is 8.56. The summed E-state index contributed by atoms with van der Waals surface area (Å²) in [5, 5.41) is 9.55. The lowest BCUT2D eigenvalue weighted by atomic mass is 10.1. The fourth-order valence-electron chi connectivity index (χ4n) is 2.02. The third-order valence-electron chi connectivity index (χ3n) is 3.24. The monoisotopic (exact) mass is 245 g/mol. The minimum Gasteiger partial charge on any atom is -0.477 e. The Labute approximate surface area is 104 Å². The van der Waals surface area contributed by atoms with Crippen molar-refractivity contribution in [3.8, 4) is 0 Å². The number of carboxylic acid groups (broad SMARTS) is 1. The third-order valence-corrected chi connectivity index (χ3v) is 3.24. The summed E-state index contributed by atoms with van der Waals surface area (Å²) in [5.74, 6) is -1.18. The molecule has 0 fully saturated rings. The van der Waals surface area contributed by atoms with Gasteiger partial charge in [0.1, 0.15) is 5.56 Å². The van der Waals surface area contributed by atoms with E-state index in [9.17, 15) is 9.59 Å². The number of fused-ring (bicyclic) bond motifs is 1. The number of benzene rings is 1. The molecule has 0 saturated carbocycles. The van der Waals surface area contributed by atoms with Crippen LogP contribution < -0.4 is 5.43 Å². The SMILES string of the molecule is CCC(C)n1cc(C(=O)O)c(=O)c2ccccc21. The summed E-state index contributed by atoms with van der Waals surface area (Å²) >= 11 is 0. The van der Waals surface area contributed by atoms with Crippen molar-refractivity contribution in [2.24, 2.45) is 0 Å². The van der Waals surface area contributed by atoms with Crippen LogP contribution in [0.1, 0.15) is 36.7 Å². The summed E-state index contributed by atoms with van der Waals surface area (Å²) in [5.41, 5.74) is 0.188. The summed E-state index contributed by atoms with van der Waals surface area (Å²) in [6.07, 6.45) is 2.31. The Hall–Kier alpha value is -2.10. The van der Waals surface area contributed by atoms with Crippen LogP contribution in [0.5, 0.6) is 0 Å². The molecule has 0 spiro atoms. The molecule has 1 heterocycles. The number of hydrogen-bond donors (Lipinski definition) is 1. The Morgan fingerprint density at radius 2 is 2.06 bits per heavy atom. The van der Waals surface area contributed by atoms with Gasteiger partial charge in [-0.05, 0) is 25.5 Å². The normalized spacial score (nSPS) is 12.6. The second kappa shape index (κ2) is 4.64. The van der Waals surface area contributed by atoms with E-state index in [1.54, 1.807) is 12.1 Å². The van der Waals surface area contributed by atoms with E-state index in [0.717, 1.165) is 11.9 Å². The van der Waals surface area contributed by atoms with Crippen LogP contribution in [-0.2, 0) is 0 Å². The number of aromatic carboxylic acids is 1. The number of pyridine rings is 1. The van der Waals surface area contributed by atoms with Crippen molar-refractivity contribution in [3.05, 3.63) is 46.2 Å². The molecule has 94 valence electrons. The molecule has 1 unspecified atom stereocenters. The largest absolute Gasteiger partial charge is 0.477 e. The van der Waals surface area contributed by atoms with E-state index in [1.807, 2.05) is 30.5 Å². The predicted octanol–water partition coefficient (Wildman–Crippen LogP) is 2.67. The van der Waals surface area contributed by atoms with Gasteiger partial charge in [-0.25, -0.2) is 4.79 Å². The highest BCUT2D eigenvalue weighted by atomic mass is 16.4. The summed E-state index contributed by atoms with van der Waals surface area (Å²) in [4.78, 5) is 23.2. The minimum atomic E-state index is -1.18. The lowest BCUT2D eigenvalue weighted by Crippen LogP contribution is -2.20. The molecule has 4 nitrogen and oxygen atoms in total. The van der Waals surface area contributed by atoms with Crippen molar-refractivity contribution >= 4 is 16.9 Å². The van der Waals surface area contributed by atoms with Gasteiger partial charge in [0.25, 0.3) is 0 Å². The van der Waals surface area contributed by atoms with Crippen LogP contribution in [0.3, 0.4) is 0 Å². The van der Waals surface area contributed by atoms with E-state index in [0.29, 0.717) is 5.39 Å². The molecule has 4 heteroatoms. The molecule has 0 aliphatic heterocycles. The maximum Gasteiger partial charge on any atom is 0.341 e. The Bertz CT molecular complexity index is 658. The van der Waals surface area contributed by atoms with E-state index in [2.05, 4.69) is 0 Å². The van der Waals surface area contributed by atoms with Gasteiger partial charge in [0.2, 0.25) is 5.43 Å². The molecular formula is C14H15NO3. The van der Waals surface area contributed by atoms with Crippen LogP contribution in [0.25, 0.3) is 10.9 Å². The van der Waals surface area contributed by atoms with Crippen LogP contribution in [0.2, 0.25) is 0 Å². The molecule has 0 bridgehead atoms. The zero-order valence-electron chi connectivity index (χ0n) is 10.4. The zero-order chi connectivity index (χ0) is 13.3. The van der Waals surface area contributed by atoms with Crippen LogP contribution in [0.15, 0.2) is 35.3 Å². The molecule has 18 heavy (non-hydrogen) atoms. The standard InChI is InChI=1S/C14H15NO3/c1-3-9(2)15-8-11(14(17)18)13(16)10-6-4-5-7-12(10)15/h4-9H,3H2,1-2H3,(H,17,18). The van der Waals surface area contributed by atoms with Gasteiger partial charge in [-0.1, -0.05) is 19.1 Å². The van der Waals surface area contributed by atoms with Gasteiger partial charge in [0.05, 0.1) is 5.52 Å². The first-order valence-electron chi connectivity index (χ1n) is 5.93. The molecule has 0 radical (unpaired) electrons. The maximum absolute atomic E-state index is 12.0. The fraction of sp³-hybridized carbons (Fsp3) is 0.286. The van der Waals surface area contributed by atoms with Crippen molar-refractivity contribution < 1.29 is 9.90 Å². The summed E-state index contributed by atoms with van der Waals surface area (Å²) in [6, 6.07) is 7.25. The van der Waals surface area contributed by atoms with Crippen LogP contribution >= 0.6 is 0 Å². The van der Waals surface area contributed by atoms with Crippen LogP contribution in [0.4, 0.5) is 0 Å². The molecule has 2 rings (SSSR count). The highest BCUT2D eigenvalue weighted by Gasteiger charge is 2.15. The fourth-order valence-corrected chi connectivity index (χ4v) is 2.02. The molecule has 1 aromatic heterocycles. The van der Waals surface area contributed by atoms with Crippen molar-refractivity contribution in [3.63, 3.8) is 0 Å². The van der Waals surface area contributed by atoms with Crippen LogP contribution in [-0.4, -0.2) is 15.6 Å². The van der Waals surface area contributed by atoms with Gasteiger partial charge >= 0.3 is 5.97 Å². The van der Waals surface area contributed by atoms with Gasteiger partial charge < -0.3 is 9.67 Å². The van der Waals surface area contributed by atoms with Crippen molar-refractivity contribution in [2.75, 3.05) is 0 Å². The van der Waals surface area contributed by atoms with Crippen LogP contribution in [0, 0.1) is 0 Å². The number of aromatic nitrogens is 1. The smallest absolute Gasteiger partial charge is 0.341 e. The molecule has 1 atom stereocenters. The maximum atomic E-state index is 12.0. The molecule has 2 aromatic rings. The van der Waals surface area contributed by atoms with Crippen molar-refractivity contribution in [1.82, 2.24) is 4.57 Å². The Kier molecular flexibility index (Phi) is 3.19. The molecule has 0 amide bonds. The minimum absolute atomic E-state index is 0.147. The van der Waals surface area contributed by atoms with Gasteiger partial charge in [0, 0.05) is 17.6 Å². The Balaban J connectivity index is 2.89. The second-order valence-corrected chi connectivity index (χ2v) is 4.36. The van der Waals surface area contributed by atoms with Crippen molar-refractivity contribution in [2.45, 2.75) is 26.3 Å². The number of carboxylic acids is 1. The highest BCUT2D eigenvalue weighted by molar-refractivity contribution is 5.92. The predicted molar refractivity (Wildman–Crippen MR) is 70.2 cm³/mol. The molecule has 0 saturated heterocycles. The van der Waals surface area contributed by atoms with E-state index in [-0.39, 0.29) is 11.6 Å². The van der Waals surface area contributed by atoms with Gasteiger partial charge in [-0.3, -0.25) is 4.79 Å². The Morgan fingerprint density at radius 1 is 1.39 bits per heavy atom. The topological polar surface area (TPSA) is 59.3 Å². The van der Waals surface area contributed by atoms with Gasteiger partial charge in [0.15, 0.2) is 0 Å². The second-order valence-electron chi connectivity index (χ2n) is 4.36. The lowest BCUT2D eigenvalue weighted by molar-refractivity contribution is 0.0694. The molecular weight excluding hydrogens is 230 g/mol. The average molecular weight is 245 g/mol. The first kappa shape index (κ1) is 12.4. The first-order valence-corrected chi connectivity index (χ1v) is 5.93. The number of carbonyl (C=O) groups is 1. The number of hydrogen-bond acceptors (Lipinski definition) is 2. The van der Waals surface area contributed by atoms with E-state index < -0.39 is 11.4 Å². The summed E-state index contributed by atoms with van der Waals surface area (Å²) in [7, 11) is 0. The van der Waals surface area contributed by atoms with E-state index in [1.165, 1.54) is 6.20 Å². The Morgan fingerprint density at radius 3 is 2.67 bits per heavy atom. The van der Waals surface area contributed by atoms with Crippen molar-refractivity contribution in [1.29, 1.82) is 0 Å². The highest BCUT2D eigenvalue weighted by Crippen LogP contribution is 2.18. The summed E-state index contributed by atoms with van der Waals surface area (Å²) in [6.45, 7) is 4.03. The molecule has 1 aromatic carbocycles. The zero-order valence-corrected chi connectivity index (χ0v) is 10.4. The third kappa shape index (κ3) is 1.90. The lowest BCUT2D eigenvalue weighted by Gasteiger charge is -2.17. The van der Waals surface area contributed by atoms with Gasteiger partial charge in [-0.15, -0.1) is 0 Å². The molecule has 1 N–H and O–H groups in total. The number of nitrogens with zero attached hydrogens (tertiary/aromatic N) is 1. The van der Waals surface area contributed by atoms with E-state index >= 15 is 0 Å². The summed E-state index contributed by atoms with van der Waals surface area (Å²) < 4.78 is 1.86. The van der Waals surface area contributed by atoms with E-state index in [4.69, 9.17) is 5.11 Å². The van der Waals surface area contributed by atoms with Gasteiger partial charge in [-0.2, -0.15) is 0 Å². The average Bonchev–Trinajstić information content (AvgIpc) is 2.38. The quantitative estimate of drug-likeness (QED) is 0.904. The molecule has 0 aliphatic carbocycles. The number of para-hydroxylation sites is 1. The number of rotatable bonds is 3.